The van der Waals surface area contributed by atoms with Crippen LogP contribution >= 0.6 is 15.9 Å². The quantitative estimate of drug-likeness (QED) is 0.309. The lowest BCUT2D eigenvalue weighted by molar-refractivity contribution is -0.116. The van der Waals surface area contributed by atoms with Gasteiger partial charge in [-0.25, -0.2) is 0 Å². The zero-order valence-corrected chi connectivity index (χ0v) is 18.3. The number of carbonyl (C=O) groups is 2. The van der Waals surface area contributed by atoms with E-state index in [4.69, 9.17) is 0 Å². The summed E-state index contributed by atoms with van der Waals surface area (Å²) in [5.41, 5.74) is 2.88. The van der Waals surface area contributed by atoms with Gasteiger partial charge in [-0.05, 0) is 42.0 Å². The smallest absolute Gasteiger partial charge is 0.272 e. The Morgan fingerprint density at radius 1 is 1.10 bits per heavy atom. The maximum absolute atomic E-state index is 13.0. The van der Waals surface area contributed by atoms with E-state index in [2.05, 4.69) is 52.2 Å². The first-order valence-corrected chi connectivity index (χ1v) is 10.6. The van der Waals surface area contributed by atoms with Gasteiger partial charge in [-0.15, -0.1) is 10.2 Å². The van der Waals surface area contributed by atoms with Crippen LogP contribution in [0.5, 0.6) is 0 Å². The SMILES string of the molecule is CCCCC(=O)Nc1cccc2cc(C(=O)Nc3ccc(Br)cc3-c3nn[nH]n3)[nH]c12. The Balaban J connectivity index is 1.60. The highest BCUT2D eigenvalue weighted by molar-refractivity contribution is 9.10. The fourth-order valence-corrected chi connectivity index (χ4v) is 3.57. The van der Waals surface area contributed by atoms with Crippen molar-refractivity contribution in [2.24, 2.45) is 0 Å². The highest BCUT2D eigenvalue weighted by atomic mass is 79.9. The molecular weight excluding hydrogens is 462 g/mol. The molecular formula is C21H20BrN7O2. The standard InChI is InChI=1S/C21H20BrN7O2/c1-2-3-7-18(30)23-16-6-4-5-12-10-17(24-19(12)16)21(31)25-15-9-8-13(22)11-14(15)20-26-28-29-27-20/h4-6,8-11,24H,2-3,7H2,1H3,(H,23,30)(H,25,31)(H,26,27,28,29). The highest BCUT2D eigenvalue weighted by Gasteiger charge is 2.16. The molecule has 0 radical (unpaired) electrons. The number of unbranched alkanes of at least 4 members (excludes halogenated alkanes) is 1. The van der Waals surface area contributed by atoms with Crippen molar-refractivity contribution >= 4 is 50.0 Å². The van der Waals surface area contributed by atoms with Gasteiger partial charge in [-0.1, -0.05) is 41.4 Å². The number of H-pyrrole nitrogens is 2. The van der Waals surface area contributed by atoms with Gasteiger partial charge < -0.3 is 15.6 Å². The van der Waals surface area contributed by atoms with Crippen LogP contribution in [0.15, 0.2) is 46.9 Å². The molecule has 0 atom stereocenters. The molecule has 0 aliphatic rings. The molecule has 4 rings (SSSR count). The van der Waals surface area contributed by atoms with Crippen LogP contribution < -0.4 is 10.6 Å². The third kappa shape index (κ3) is 4.64. The predicted octanol–water partition coefficient (Wildman–Crippen LogP) is 4.49. The summed E-state index contributed by atoms with van der Waals surface area (Å²) < 4.78 is 0.819. The Bertz CT molecular complexity index is 1230. The molecule has 158 valence electrons. The Morgan fingerprint density at radius 3 is 2.74 bits per heavy atom. The fraction of sp³-hybridized carbons (Fsp3) is 0.190. The average molecular weight is 482 g/mol. The second-order valence-electron chi connectivity index (χ2n) is 6.98. The number of amides is 2. The minimum absolute atomic E-state index is 0.0467. The molecule has 0 saturated carbocycles. The van der Waals surface area contributed by atoms with Gasteiger partial charge in [0.25, 0.3) is 5.91 Å². The maximum Gasteiger partial charge on any atom is 0.272 e. The number of nitrogens with one attached hydrogen (secondary N) is 4. The second-order valence-corrected chi connectivity index (χ2v) is 7.90. The van der Waals surface area contributed by atoms with Crippen LogP contribution in [0.2, 0.25) is 0 Å². The Hall–Kier alpha value is -3.53. The van der Waals surface area contributed by atoms with E-state index < -0.39 is 0 Å². The van der Waals surface area contributed by atoms with Crippen molar-refractivity contribution in [1.29, 1.82) is 0 Å². The lowest BCUT2D eigenvalue weighted by Gasteiger charge is -2.09. The fourth-order valence-electron chi connectivity index (χ4n) is 3.21. The van der Waals surface area contributed by atoms with Crippen molar-refractivity contribution in [1.82, 2.24) is 25.6 Å². The van der Waals surface area contributed by atoms with Gasteiger partial charge >= 0.3 is 0 Å². The molecule has 4 aromatic rings. The van der Waals surface area contributed by atoms with Crippen molar-refractivity contribution in [2.45, 2.75) is 26.2 Å². The minimum Gasteiger partial charge on any atom is -0.349 e. The number of aromatic amines is 2. The molecule has 9 nitrogen and oxygen atoms in total. The van der Waals surface area contributed by atoms with E-state index in [9.17, 15) is 9.59 Å². The summed E-state index contributed by atoms with van der Waals surface area (Å²) in [6.45, 7) is 2.04. The largest absolute Gasteiger partial charge is 0.349 e. The van der Waals surface area contributed by atoms with E-state index in [-0.39, 0.29) is 11.8 Å². The Kier molecular flexibility index (Phi) is 6.08. The zero-order chi connectivity index (χ0) is 21.8. The molecule has 0 unspecified atom stereocenters. The van der Waals surface area contributed by atoms with Crippen LogP contribution in [0.25, 0.3) is 22.3 Å². The number of halogens is 1. The van der Waals surface area contributed by atoms with Crippen LogP contribution in [0.3, 0.4) is 0 Å². The number of carbonyl (C=O) groups excluding carboxylic acids is 2. The molecule has 2 amide bonds. The molecule has 0 bridgehead atoms. The first kappa shape index (κ1) is 20.7. The number of rotatable bonds is 7. The van der Waals surface area contributed by atoms with E-state index in [1.807, 2.05) is 31.2 Å². The number of benzene rings is 2. The summed E-state index contributed by atoms with van der Waals surface area (Å²) in [6, 6.07) is 12.7. The van der Waals surface area contributed by atoms with Crippen molar-refractivity contribution in [2.75, 3.05) is 10.6 Å². The highest BCUT2D eigenvalue weighted by Crippen LogP contribution is 2.29. The number of hydrogen-bond donors (Lipinski definition) is 4. The molecule has 2 aromatic carbocycles. The minimum atomic E-state index is -0.327. The van der Waals surface area contributed by atoms with Crippen molar-refractivity contribution in [3.63, 3.8) is 0 Å². The van der Waals surface area contributed by atoms with E-state index in [1.54, 1.807) is 18.2 Å². The number of nitrogens with zero attached hydrogens (tertiary/aromatic N) is 3. The van der Waals surface area contributed by atoms with Gasteiger partial charge in [0.15, 0.2) is 0 Å². The third-order valence-corrected chi connectivity index (χ3v) is 5.24. The van der Waals surface area contributed by atoms with Gasteiger partial charge in [0.2, 0.25) is 11.7 Å². The van der Waals surface area contributed by atoms with Crippen molar-refractivity contribution in [3.05, 3.63) is 52.6 Å². The number of anilines is 2. The van der Waals surface area contributed by atoms with Crippen molar-refractivity contribution < 1.29 is 9.59 Å². The normalized spacial score (nSPS) is 10.9. The topological polar surface area (TPSA) is 128 Å². The van der Waals surface area contributed by atoms with Gasteiger partial charge in [0.1, 0.15) is 5.69 Å². The molecule has 0 aliphatic heterocycles. The van der Waals surface area contributed by atoms with Crippen LogP contribution in [0.4, 0.5) is 11.4 Å². The second kappa shape index (κ2) is 9.09. The molecule has 31 heavy (non-hydrogen) atoms. The zero-order valence-electron chi connectivity index (χ0n) is 16.7. The lowest BCUT2D eigenvalue weighted by atomic mass is 10.1. The van der Waals surface area contributed by atoms with Gasteiger partial charge in [-0.3, -0.25) is 9.59 Å². The molecule has 0 saturated heterocycles. The van der Waals surface area contributed by atoms with Gasteiger partial charge in [-0.2, -0.15) is 5.21 Å². The lowest BCUT2D eigenvalue weighted by Crippen LogP contribution is -2.13. The number of tetrazole rings is 1. The summed E-state index contributed by atoms with van der Waals surface area (Å²) in [5.74, 6) is -0.00794. The monoisotopic (exact) mass is 481 g/mol. The average Bonchev–Trinajstić information content (AvgIpc) is 3.44. The number of aromatic nitrogens is 5. The molecule has 0 spiro atoms. The Labute approximate surface area is 186 Å². The van der Waals surface area contributed by atoms with E-state index >= 15 is 0 Å². The maximum atomic E-state index is 13.0. The molecule has 2 heterocycles. The predicted molar refractivity (Wildman–Crippen MR) is 122 cm³/mol. The van der Waals surface area contributed by atoms with Crippen LogP contribution in [0.1, 0.15) is 36.7 Å². The van der Waals surface area contributed by atoms with E-state index in [0.29, 0.717) is 40.4 Å². The summed E-state index contributed by atoms with van der Waals surface area (Å²) in [5, 5.41) is 20.6. The van der Waals surface area contributed by atoms with E-state index in [1.165, 1.54) is 0 Å². The van der Waals surface area contributed by atoms with Crippen LogP contribution in [-0.2, 0) is 4.79 Å². The molecule has 0 fully saturated rings. The third-order valence-electron chi connectivity index (χ3n) is 4.75. The molecule has 2 aromatic heterocycles. The van der Waals surface area contributed by atoms with Crippen LogP contribution in [-0.4, -0.2) is 37.4 Å². The number of fused-ring (bicyclic) bond motifs is 1. The Morgan fingerprint density at radius 2 is 1.97 bits per heavy atom. The van der Waals surface area contributed by atoms with Gasteiger partial charge in [0.05, 0.1) is 16.9 Å². The molecule has 10 heteroatoms. The summed E-state index contributed by atoms with van der Waals surface area (Å²) in [7, 11) is 0. The first-order valence-electron chi connectivity index (χ1n) is 9.81. The number of hydrogen-bond acceptors (Lipinski definition) is 5. The van der Waals surface area contributed by atoms with Crippen molar-refractivity contribution in [3.8, 4) is 11.4 Å². The number of para-hydroxylation sites is 1. The summed E-state index contributed by atoms with van der Waals surface area (Å²) in [6.07, 6.45) is 2.24. The first-order chi connectivity index (χ1) is 15.0. The molecule has 4 N–H and O–H groups in total. The summed E-state index contributed by atoms with van der Waals surface area (Å²) in [4.78, 5) is 28.2. The summed E-state index contributed by atoms with van der Waals surface area (Å²) >= 11 is 3.42. The van der Waals surface area contributed by atoms with Gasteiger partial charge in [0, 0.05) is 21.8 Å². The van der Waals surface area contributed by atoms with E-state index in [0.717, 1.165) is 22.7 Å². The molecule has 0 aliphatic carbocycles. The van der Waals surface area contributed by atoms with Crippen LogP contribution in [0, 0.1) is 0 Å².